The number of hydrogen-bond donors (Lipinski definition) is 2. The summed E-state index contributed by atoms with van der Waals surface area (Å²) in [5.74, 6) is -0.956. The van der Waals surface area contributed by atoms with Crippen LogP contribution in [0.2, 0.25) is 0 Å². The molecule has 0 saturated heterocycles. The number of nitrogens with zero attached hydrogens (tertiary/aromatic N) is 2. The molecule has 0 amide bonds. The van der Waals surface area contributed by atoms with Crippen LogP contribution in [0.15, 0.2) is 36.5 Å². The van der Waals surface area contributed by atoms with Gasteiger partial charge in [-0.2, -0.15) is 5.10 Å². The number of carboxylic acids is 1. The Hall–Kier alpha value is -2.30. The van der Waals surface area contributed by atoms with Gasteiger partial charge >= 0.3 is 5.97 Å². The van der Waals surface area contributed by atoms with Gasteiger partial charge in [0, 0.05) is 12.7 Å². The van der Waals surface area contributed by atoms with Crippen molar-refractivity contribution in [2.24, 2.45) is 7.05 Å². The molecule has 0 saturated carbocycles. The minimum atomic E-state index is -0.956. The summed E-state index contributed by atoms with van der Waals surface area (Å²) in [4.78, 5) is 11.0. The van der Waals surface area contributed by atoms with Crippen molar-refractivity contribution in [3.05, 3.63) is 47.8 Å². The molecule has 0 bridgehead atoms. The maximum atomic E-state index is 11.0. The number of carboxylic acid groups (broad SMARTS) is 1. The lowest BCUT2D eigenvalue weighted by molar-refractivity contribution is 0.0695. The number of aromatic nitrogens is 2. The first-order valence-corrected chi connectivity index (χ1v) is 5.21. The van der Waals surface area contributed by atoms with Gasteiger partial charge in [-0.15, -0.1) is 0 Å². The van der Waals surface area contributed by atoms with Crippen molar-refractivity contribution >= 4 is 11.7 Å². The number of carbonyl (C=O) groups is 1. The van der Waals surface area contributed by atoms with E-state index in [1.54, 1.807) is 11.7 Å². The van der Waals surface area contributed by atoms with Gasteiger partial charge in [0.15, 0.2) is 0 Å². The molecular formula is C12H13N3O2. The number of aromatic carboxylic acids is 1. The lowest BCUT2D eigenvalue weighted by Gasteiger charge is -2.07. The molecule has 0 unspecified atom stereocenters. The van der Waals surface area contributed by atoms with Crippen molar-refractivity contribution < 1.29 is 9.90 Å². The van der Waals surface area contributed by atoms with Crippen molar-refractivity contribution in [3.63, 3.8) is 0 Å². The van der Waals surface area contributed by atoms with Gasteiger partial charge in [0.05, 0.1) is 18.4 Å². The van der Waals surface area contributed by atoms with Crippen LogP contribution >= 0.6 is 0 Å². The minimum absolute atomic E-state index is 0.232. The Morgan fingerprint density at radius 2 is 2.12 bits per heavy atom. The molecule has 0 aliphatic rings. The van der Waals surface area contributed by atoms with Gasteiger partial charge < -0.3 is 10.4 Å². The van der Waals surface area contributed by atoms with Gasteiger partial charge in [-0.25, -0.2) is 4.79 Å². The molecule has 2 aromatic rings. The van der Waals surface area contributed by atoms with Crippen molar-refractivity contribution in [1.82, 2.24) is 9.78 Å². The molecular weight excluding hydrogens is 218 g/mol. The van der Waals surface area contributed by atoms with E-state index >= 15 is 0 Å². The number of rotatable bonds is 4. The third-order valence-corrected chi connectivity index (χ3v) is 2.53. The number of benzene rings is 1. The Bertz CT molecular complexity index is 520. The van der Waals surface area contributed by atoms with Gasteiger partial charge in [-0.3, -0.25) is 4.68 Å². The van der Waals surface area contributed by atoms with Crippen LogP contribution in [0.3, 0.4) is 0 Å². The highest BCUT2D eigenvalue weighted by molar-refractivity contribution is 5.88. The fourth-order valence-electron chi connectivity index (χ4n) is 1.59. The number of para-hydroxylation sites is 1. The van der Waals surface area contributed by atoms with Crippen molar-refractivity contribution in [1.29, 1.82) is 0 Å². The zero-order valence-electron chi connectivity index (χ0n) is 9.42. The van der Waals surface area contributed by atoms with Gasteiger partial charge in [-0.05, 0) is 12.1 Å². The van der Waals surface area contributed by atoms with Crippen molar-refractivity contribution in [3.8, 4) is 0 Å². The van der Waals surface area contributed by atoms with Crippen LogP contribution in [0.25, 0.3) is 0 Å². The predicted molar refractivity (Wildman–Crippen MR) is 63.9 cm³/mol. The number of hydrogen-bond acceptors (Lipinski definition) is 3. The van der Waals surface area contributed by atoms with Crippen molar-refractivity contribution in [2.45, 2.75) is 6.54 Å². The Morgan fingerprint density at radius 3 is 2.76 bits per heavy atom. The Morgan fingerprint density at radius 1 is 1.41 bits per heavy atom. The molecule has 0 radical (unpaired) electrons. The second-order valence-electron chi connectivity index (χ2n) is 3.65. The molecule has 17 heavy (non-hydrogen) atoms. The molecule has 1 heterocycles. The topological polar surface area (TPSA) is 67.2 Å². The summed E-state index contributed by atoms with van der Waals surface area (Å²) in [6.45, 7) is 0.433. The lowest BCUT2D eigenvalue weighted by Crippen LogP contribution is -2.10. The summed E-state index contributed by atoms with van der Waals surface area (Å²) in [7, 11) is 1.73. The maximum absolute atomic E-state index is 11.0. The van der Waals surface area contributed by atoms with Crippen molar-refractivity contribution in [2.75, 3.05) is 5.32 Å². The quantitative estimate of drug-likeness (QED) is 0.841. The molecule has 2 rings (SSSR count). The Kier molecular flexibility index (Phi) is 3.09. The largest absolute Gasteiger partial charge is 0.478 e. The zero-order valence-corrected chi connectivity index (χ0v) is 9.42. The highest BCUT2D eigenvalue weighted by atomic mass is 16.4. The van der Waals surface area contributed by atoms with E-state index in [9.17, 15) is 4.79 Å². The molecule has 0 fully saturated rings. The van der Waals surface area contributed by atoms with E-state index in [2.05, 4.69) is 10.4 Å². The van der Waals surface area contributed by atoms with Crippen LogP contribution < -0.4 is 5.32 Å². The average Bonchev–Trinajstić information content (AvgIpc) is 2.69. The predicted octanol–water partition coefficient (Wildman–Crippen LogP) is 1.73. The van der Waals surface area contributed by atoms with E-state index in [0.29, 0.717) is 12.2 Å². The van der Waals surface area contributed by atoms with Crippen LogP contribution in [0.1, 0.15) is 16.1 Å². The van der Waals surface area contributed by atoms with E-state index in [1.807, 2.05) is 30.3 Å². The molecule has 0 atom stereocenters. The second kappa shape index (κ2) is 4.69. The molecule has 5 nitrogen and oxygen atoms in total. The first-order chi connectivity index (χ1) is 8.18. The van der Waals surface area contributed by atoms with E-state index in [-0.39, 0.29) is 5.56 Å². The Balaban J connectivity index is 2.14. The minimum Gasteiger partial charge on any atom is -0.478 e. The molecule has 0 aliphatic heterocycles. The van der Waals surface area contributed by atoms with Gasteiger partial charge in [0.25, 0.3) is 0 Å². The third-order valence-electron chi connectivity index (χ3n) is 2.53. The number of nitrogens with one attached hydrogen (secondary N) is 1. The first kappa shape index (κ1) is 11.2. The zero-order chi connectivity index (χ0) is 12.3. The number of anilines is 1. The molecule has 1 aromatic carbocycles. The van der Waals surface area contributed by atoms with Gasteiger partial charge in [0.1, 0.15) is 5.56 Å². The van der Waals surface area contributed by atoms with Gasteiger partial charge in [0.2, 0.25) is 0 Å². The monoisotopic (exact) mass is 231 g/mol. The van der Waals surface area contributed by atoms with E-state index in [4.69, 9.17) is 5.11 Å². The standard InChI is InChI=1S/C12H13N3O2/c1-15-11(10(7-14-15)12(16)17)8-13-9-5-3-2-4-6-9/h2-7,13H,8H2,1H3,(H,16,17). The van der Waals surface area contributed by atoms with Crippen LogP contribution in [0, 0.1) is 0 Å². The number of aryl methyl sites for hydroxylation is 1. The fraction of sp³-hybridized carbons (Fsp3) is 0.167. The normalized spacial score (nSPS) is 10.2. The van der Waals surface area contributed by atoms with E-state index in [0.717, 1.165) is 5.69 Å². The van der Waals surface area contributed by atoms with Gasteiger partial charge in [-0.1, -0.05) is 18.2 Å². The third kappa shape index (κ3) is 2.44. The smallest absolute Gasteiger partial charge is 0.339 e. The van der Waals surface area contributed by atoms with Crippen LogP contribution in [-0.2, 0) is 13.6 Å². The molecule has 2 N–H and O–H groups in total. The fourth-order valence-corrected chi connectivity index (χ4v) is 1.59. The summed E-state index contributed by atoms with van der Waals surface area (Å²) in [6.07, 6.45) is 1.37. The summed E-state index contributed by atoms with van der Waals surface area (Å²) in [5.41, 5.74) is 1.84. The summed E-state index contributed by atoms with van der Waals surface area (Å²) >= 11 is 0. The molecule has 1 aromatic heterocycles. The molecule has 88 valence electrons. The lowest BCUT2D eigenvalue weighted by atomic mass is 10.2. The second-order valence-corrected chi connectivity index (χ2v) is 3.65. The van der Waals surface area contributed by atoms with Crippen LogP contribution in [-0.4, -0.2) is 20.9 Å². The van der Waals surface area contributed by atoms with Crippen LogP contribution in [0.5, 0.6) is 0 Å². The summed E-state index contributed by atoms with van der Waals surface area (Å²) in [6, 6.07) is 9.62. The average molecular weight is 231 g/mol. The first-order valence-electron chi connectivity index (χ1n) is 5.21. The highest BCUT2D eigenvalue weighted by Crippen LogP contribution is 2.11. The van der Waals surface area contributed by atoms with E-state index < -0.39 is 5.97 Å². The van der Waals surface area contributed by atoms with Crippen LogP contribution in [0.4, 0.5) is 5.69 Å². The maximum Gasteiger partial charge on any atom is 0.339 e. The molecule has 5 heteroatoms. The van der Waals surface area contributed by atoms with E-state index in [1.165, 1.54) is 6.20 Å². The summed E-state index contributed by atoms with van der Waals surface area (Å²) < 4.78 is 1.57. The summed E-state index contributed by atoms with van der Waals surface area (Å²) in [5, 5.41) is 16.1. The Labute approximate surface area is 98.7 Å². The molecule has 0 spiro atoms. The SMILES string of the molecule is Cn1ncc(C(=O)O)c1CNc1ccccc1. The molecule has 0 aliphatic carbocycles. The highest BCUT2D eigenvalue weighted by Gasteiger charge is 2.14.